The molecule has 21 heavy (non-hydrogen) atoms. The van der Waals surface area contributed by atoms with E-state index in [0.29, 0.717) is 22.0 Å². The third-order valence-electron chi connectivity index (χ3n) is 3.34. The molecule has 0 aliphatic carbocycles. The molecule has 1 heterocycles. The molecule has 1 aromatic carbocycles. The smallest absolute Gasteiger partial charge is 0.243 e. The number of benzene rings is 1. The minimum Gasteiger partial charge on any atom is -0.260 e. The van der Waals surface area contributed by atoms with Crippen LogP contribution < -0.4 is 0 Å². The summed E-state index contributed by atoms with van der Waals surface area (Å²) in [5, 5.41) is 0. The Morgan fingerprint density at radius 1 is 1.19 bits per heavy atom. The van der Waals surface area contributed by atoms with Crippen LogP contribution >= 0.6 is 11.6 Å². The average Bonchev–Trinajstić information content (AvgIpc) is 2.48. The predicted molar refractivity (Wildman–Crippen MR) is 83.6 cm³/mol. The Labute approximate surface area is 130 Å². The van der Waals surface area contributed by atoms with Crippen molar-refractivity contribution in [2.24, 2.45) is 0 Å². The predicted octanol–water partition coefficient (Wildman–Crippen LogP) is 2.95. The van der Waals surface area contributed by atoms with Crippen LogP contribution in [-0.4, -0.2) is 24.8 Å². The van der Waals surface area contributed by atoms with Crippen molar-refractivity contribution < 1.29 is 8.42 Å². The molecule has 0 saturated heterocycles. The fraction of sp³-hybridized carbons (Fsp3) is 0.267. The van der Waals surface area contributed by atoms with E-state index in [1.54, 1.807) is 44.4 Å². The Morgan fingerprint density at radius 2 is 1.95 bits per heavy atom. The SMILES string of the molecule is Cc1c(CCl)cccc1S(=O)(=O)N(C)Cc1ccccn1. The third-order valence-corrected chi connectivity index (χ3v) is 5.58. The molecular weight excluding hydrogens is 308 g/mol. The van der Waals surface area contributed by atoms with Crippen molar-refractivity contribution in [3.63, 3.8) is 0 Å². The summed E-state index contributed by atoms with van der Waals surface area (Å²) in [5.74, 6) is 0.291. The van der Waals surface area contributed by atoms with E-state index < -0.39 is 10.0 Å². The summed E-state index contributed by atoms with van der Waals surface area (Å²) < 4.78 is 26.7. The lowest BCUT2D eigenvalue weighted by atomic mass is 10.1. The second-order valence-electron chi connectivity index (χ2n) is 4.76. The van der Waals surface area contributed by atoms with Crippen molar-refractivity contribution in [1.82, 2.24) is 9.29 Å². The standard InChI is InChI=1S/C15H17ClN2O2S/c1-12-13(10-16)6-5-8-15(12)21(19,20)18(2)11-14-7-3-4-9-17-14/h3-9H,10-11H2,1-2H3. The van der Waals surface area contributed by atoms with Crippen LogP contribution in [0.3, 0.4) is 0 Å². The third kappa shape index (κ3) is 3.43. The zero-order valence-corrected chi connectivity index (χ0v) is 13.5. The maximum absolute atomic E-state index is 12.7. The van der Waals surface area contributed by atoms with Crippen LogP contribution in [0.4, 0.5) is 0 Å². The summed E-state index contributed by atoms with van der Waals surface area (Å²) in [6, 6.07) is 10.6. The topological polar surface area (TPSA) is 50.3 Å². The molecule has 2 rings (SSSR count). The van der Waals surface area contributed by atoms with E-state index in [0.717, 1.165) is 5.56 Å². The summed E-state index contributed by atoms with van der Waals surface area (Å²) >= 11 is 5.85. The van der Waals surface area contributed by atoms with Gasteiger partial charge in [0.15, 0.2) is 0 Å². The minimum atomic E-state index is -3.57. The summed E-state index contributed by atoms with van der Waals surface area (Å²) in [7, 11) is -2.01. The molecule has 0 aliphatic rings. The minimum absolute atomic E-state index is 0.230. The van der Waals surface area contributed by atoms with Gasteiger partial charge in [-0.1, -0.05) is 18.2 Å². The number of hydrogen-bond donors (Lipinski definition) is 0. The number of nitrogens with zero attached hydrogens (tertiary/aromatic N) is 2. The molecule has 0 aliphatic heterocycles. The van der Waals surface area contributed by atoms with Gasteiger partial charge < -0.3 is 0 Å². The van der Waals surface area contributed by atoms with Crippen molar-refractivity contribution in [3.8, 4) is 0 Å². The molecule has 6 heteroatoms. The number of halogens is 1. The largest absolute Gasteiger partial charge is 0.260 e. The molecule has 4 nitrogen and oxygen atoms in total. The molecule has 1 aromatic heterocycles. The van der Waals surface area contributed by atoms with Crippen molar-refractivity contribution in [2.45, 2.75) is 24.2 Å². The molecule has 0 saturated carbocycles. The first kappa shape index (κ1) is 15.9. The van der Waals surface area contributed by atoms with Crippen LogP contribution in [0.1, 0.15) is 16.8 Å². The molecule has 0 atom stereocenters. The molecule has 0 spiro atoms. The maximum Gasteiger partial charge on any atom is 0.243 e. The van der Waals surface area contributed by atoms with Crippen molar-refractivity contribution in [2.75, 3.05) is 7.05 Å². The number of alkyl halides is 1. The van der Waals surface area contributed by atoms with Crippen LogP contribution in [0.5, 0.6) is 0 Å². The van der Waals surface area contributed by atoms with Crippen LogP contribution in [0.25, 0.3) is 0 Å². The van der Waals surface area contributed by atoms with Gasteiger partial charge in [-0.15, -0.1) is 11.6 Å². The van der Waals surface area contributed by atoms with Gasteiger partial charge in [0.25, 0.3) is 0 Å². The first-order chi connectivity index (χ1) is 9.96. The molecule has 0 N–H and O–H groups in total. The maximum atomic E-state index is 12.7. The molecule has 0 radical (unpaired) electrons. The van der Waals surface area contributed by atoms with Gasteiger partial charge in [-0.05, 0) is 36.2 Å². The quantitative estimate of drug-likeness (QED) is 0.794. The van der Waals surface area contributed by atoms with Crippen molar-refractivity contribution in [1.29, 1.82) is 0 Å². The average molecular weight is 325 g/mol. The number of pyridine rings is 1. The lowest BCUT2D eigenvalue weighted by Crippen LogP contribution is -2.27. The van der Waals surface area contributed by atoms with Crippen LogP contribution in [-0.2, 0) is 22.4 Å². The zero-order chi connectivity index (χ0) is 15.5. The second kappa shape index (κ2) is 6.56. The highest BCUT2D eigenvalue weighted by Gasteiger charge is 2.23. The van der Waals surface area contributed by atoms with Crippen LogP contribution in [0.15, 0.2) is 47.5 Å². The molecule has 0 unspecified atom stereocenters. The van der Waals surface area contributed by atoms with E-state index in [9.17, 15) is 8.42 Å². The van der Waals surface area contributed by atoms with Crippen molar-refractivity contribution in [3.05, 3.63) is 59.4 Å². The molecule has 0 bridgehead atoms. The fourth-order valence-electron chi connectivity index (χ4n) is 2.06. The number of rotatable bonds is 5. The van der Waals surface area contributed by atoms with Gasteiger partial charge in [-0.2, -0.15) is 4.31 Å². The van der Waals surface area contributed by atoms with Gasteiger partial charge in [0.1, 0.15) is 0 Å². The Morgan fingerprint density at radius 3 is 2.57 bits per heavy atom. The Balaban J connectivity index is 2.34. The van der Waals surface area contributed by atoms with Gasteiger partial charge in [0.2, 0.25) is 10.0 Å². The summed E-state index contributed by atoms with van der Waals surface area (Å²) in [5.41, 5.74) is 2.22. The molecule has 0 amide bonds. The fourth-order valence-corrected chi connectivity index (χ4v) is 3.75. The van der Waals surface area contributed by atoms with E-state index in [-0.39, 0.29) is 6.54 Å². The molecule has 112 valence electrons. The number of sulfonamides is 1. The van der Waals surface area contributed by atoms with E-state index in [4.69, 9.17) is 11.6 Å². The molecule has 0 fully saturated rings. The molecule has 2 aromatic rings. The van der Waals surface area contributed by atoms with Crippen LogP contribution in [0, 0.1) is 6.92 Å². The van der Waals surface area contributed by atoms with Crippen LogP contribution in [0.2, 0.25) is 0 Å². The Bertz CT molecular complexity index is 718. The molecular formula is C15H17ClN2O2S. The zero-order valence-electron chi connectivity index (χ0n) is 12.0. The lowest BCUT2D eigenvalue weighted by molar-refractivity contribution is 0.461. The Hall–Kier alpha value is -1.43. The summed E-state index contributed by atoms with van der Waals surface area (Å²) in [6.07, 6.45) is 1.65. The van der Waals surface area contributed by atoms with Gasteiger partial charge in [-0.25, -0.2) is 8.42 Å². The first-order valence-electron chi connectivity index (χ1n) is 6.47. The highest BCUT2D eigenvalue weighted by atomic mass is 35.5. The second-order valence-corrected chi connectivity index (χ2v) is 7.04. The van der Waals surface area contributed by atoms with Gasteiger partial charge in [0, 0.05) is 19.1 Å². The summed E-state index contributed by atoms with van der Waals surface area (Å²) in [6.45, 7) is 2.01. The highest BCUT2D eigenvalue weighted by molar-refractivity contribution is 7.89. The van der Waals surface area contributed by atoms with Crippen molar-refractivity contribution >= 4 is 21.6 Å². The Kier molecular flexibility index (Phi) is 4.98. The normalized spacial score (nSPS) is 11.8. The van der Waals surface area contributed by atoms with Gasteiger partial charge in [-0.3, -0.25) is 4.98 Å². The van der Waals surface area contributed by atoms with E-state index in [1.165, 1.54) is 4.31 Å². The summed E-state index contributed by atoms with van der Waals surface area (Å²) in [4.78, 5) is 4.45. The van der Waals surface area contributed by atoms with Gasteiger partial charge >= 0.3 is 0 Å². The monoisotopic (exact) mass is 324 g/mol. The van der Waals surface area contributed by atoms with Gasteiger partial charge in [0.05, 0.1) is 17.1 Å². The van der Waals surface area contributed by atoms with E-state index in [1.807, 2.05) is 12.1 Å². The highest BCUT2D eigenvalue weighted by Crippen LogP contribution is 2.23. The number of aromatic nitrogens is 1. The first-order valence-corrected chi connectivity index (χ1v) is 8.45. The number of hydrogen-bond acceptors (Lipinski definition) is 3. The lowest BCUT2D eigenvalue weighted by Gasteiger charge is -2.19. The van der Waals surface area contributed by atoms with E-state index >= 15 is 0 Å². The van der Waals surface area contributed by atoms with E-state index in [2.05, 4.69) is 4.98 Å².